The fourth-order valence-corrected chi connectivity index (χ4v) is 11.7. The van der Waals surface area contributed by atoms with Crippen LogP contribution in [0.25, 0.3) is 0 Å². The van der Waals surface area contributed by atoms with E-state index in [0.717, 1.165) is 120 Å². The summed E-state index contributed by atoms with van der Waals surface area (Å²) in [5.41, 5.74) is 0. The first-order valence-electron chi connectivity index (χ1n) is 35.4. The first-order valence-corrected chi connectivity index (χ1v) is 38.4. The third-order valence-electron chi connectivity index (χ3n) is 16.4. The van der Waals surface area contributed by atoms with Gasteiger partial charge in [0.25, 0.3) is 0 Å². The predicted octanol–water partition coefficient (Wildman–Crippen LogP) is 19.1. The molecule has 0 aromatic heterocycles. The van der Waals surface area contributed by atoms with E-state index in [1.54, 1.807) is 0 Å². The average Bonchev–Trinajstić information content (AvgIpc) is 3.54. The van der Waals surface area contributed by atoms with E-state index in [4.69, 9.17) is 37.0 Å². The van der Waals surface area contributed by atoms with Gasteiger partial charge in [-0.1, -0.05) is 286 Å². The van der Waals surface area contributed by atoms with Crippen molar-refractivity contribution in [3.8, 4) is 0 Å². The molecular weight excluding hydrogens is 1150 g/mol. The molecule has 0 saturated heterocycles. The quantitative estimate of drug-likeness (QED) is 0.0222. The zero-order valence-electron chi connectivity index (χ0n) is 56.5. The Hall–Kier alpha value is -1.94. The van der Waals surface area contributed by atoms with E-state index in [9.17, 15) is 43.2 Å². The van der Waals surface area contributed by atoms with Gasteiger partial charge in [0.1, 0.15) is 19.3 Å². The molecule has 0 saturated carbocycles. The minimum Gasteiger partial charge on any atom is -0.462 e. The summed E-state index contributed by atoms with van der Waals surface area (Å²) in [6.07, 6.45) is 41.6. The number of phosphoric ester groups is 2. The average molecular weight is 1280 g/mol. The highest BCUT2D eigenvalue weighted by Gasteiger charge is 2.30. The summed E-state index contributed by atoms with van der Waals surface area (Å²) in [6.45, 7) is 11.8. The molecule has 0 heterocycles. The van der Waals surface area contributed by atoms with E-state index in [1.807, 2.05) is 0 Å². The Kier molecular flexibility index (Phi) is 57.8. The zero-order valence-corrected chi connectivity index (χ0v) is 58.3. The van der Waals surface area contributed by atoms with E-state index in [2.05, 4.69) is 48.5 Å². The second kappa shape index (κ2) is 59.1. The van der Waals surface area contributed by atoms with Crippen molar-refractivity contribution in [2.75, 3.05) is 39.6 Å². The number of unbranched alkanes of at least 4 members (excludes halogenated alkanes) is 32. The molecule has 0 bridgehead atoms. The van der Waals surface area contributed by atoms with Gasteiger partial charge in [-0.05, 0) is 43.4 Å². The predicted molar refractivity (Wildman–Crippen MR) is 349 cm³/mol. The van der Waals surface area contributed by atoms with Crippen LogP contribution in [0.15, 0.2) is 0 Å². The minimum atomic E-state index is -4.95. The third kappa shape index (κ3) is 60.1. The molecule has 0 aliphatic rings. The Morgan fingerprint density at radius 1 is 0.333 bits per heavy atom. The molecular formula is C68H132O17P2. The minimum absolute atomic E-state index is 0.104. The van der Waals surface area contributed by atoms with Crippen LogP contribution in [0.4, 0.5) is 0 Å². The van der Waals surface area contributed by atoms with Gasteiger partial charge in [0.2, 0.25) is 0 Å². The van der Waals surface area contributed by atoms with Crippen LogP contribution in [0.2, 0.25) is 0 Å². The third-order valence-corrected chi connectivity index (χ3v) is 18.3. The van der Waals surface area contributed by atoms with Crippen molar-refractivity contribution < 1.29 is 80.2 Å². The summed E-state index contributed by atoms with van der Waals surface area (Å²) >= 11 is 0. The number of aliphatic hydroxyl groups excluding tert-OH is 1. The van der Waals surface area contributed by atoms with Crippen molar-refractivity contribution in [1.82, 2.24) is 0 Å². The first-order chi connectivity index (χ1) is 41.8. The number of phosphoric acid groups is 2. The second-order valence-electron chi connectivity index (χ2n) is 25.5. The molecule has 3 N–H and O–H groups in total. The lowest BCUT2D eigenvalue weighted by Crippen LogP contribution is -2.30. The largest absolute Gasteiger partial charge is 0.472 e. The summed E-state index contributed by atoms with van der Waals surface area (Å²) in [4.78, 5) is 72.3. The number of carbonyl (C=O) groups is 4. The SMILES string of the molecule is CCCCCCCCCC(=O)OC[C@H](COP(=O)(O)OC[C@H](O)COP(=O)(O)OC[C@@H](COC(=O)CCCCCCCCCCCCC(C)CC)OC(=O)CCCCCCCCCCCCC(C)CC)OC(=O)CCCCCCCCCCCC(C)C. The molecule has 0 spiro atoms. The molecule has 0 aliphatic heterocycles. The van der Waals surface area contributed by atoms with Crippen molar-refractivity contribution in [3.05, 3.63) is 0 Å². The molecule has 0 amide bonds. The number of ether oxygens (including phenoxy) is 4. The number of aliphatic hydroxyl groups is 1. The lowest BCUT2D eigenvalue weighted by molar-refractivity contribution is -0.161. The first kappa shape index (κ1) is 85.1. The Labute approximate surface area is 530 Å². The Bertz CT molecular complexity index is 1720. The monoisotopic (exact) mass is 1280 g/mol. The van der Waals surface area contributed by atoms with Crippen LogP contribution in [0.3, 0.4) is 0 Å². The van der Waals surface area contributed by atoms with Crippen LogP contribution >= 0.6 is 15.6 Å². The van der Waals surface area contributed by atoms with E-state index >= 15 is 0 Å². The highest BCUT2D eigenvalue weighted by atomic mass is 31.2. The molecule has 17 nitrogen and oxygen atoms in total. The molecule has 87 heavy (non-hydrogen) atoms. The van der Waals surface area contributed by atoms with Crippen LogP contribution in [-0.4, -0.2) is 96.7 Å². The van der Waals surface area contributed by atoms with E-state index < -0.39 is 97.5 Å². The maximum atomic E-state index is 13.0. The van der Waals surface area contributed by atoms with Crippen molar-refractivity contribution in [2.24, 2.45) is 17.8 Å². The van der Waals surface area contributed by atoms with Crippen molar-refractivity contribution >= 4 is 39.5 Å². The molecule has 0 aliphatic carbocycles. The molecule has 516 valence electrons. The smallest absolute Gasteiger partial charge is 0.462 e. The van der Waals surface area contributed by atoms with Crippen molar-refractivity contribution in [2.45, 2.75) is 356 Å². The van der Waals surface area contributed by atoms with Crippen LogP contribution in [-0.2, 0) is 65.4 Å². The molecule has 0 aromatic carbocycles. The standard InChI is InChI=1S/C68H132O17P2/c1-8-11-12-13-25-35-42-49-65(70)78-55-63(84-68(73)52-45-38-31-24-18-19-26-32-39-46-59(4)5)57-82-86(74,75)80-53-62(69)54-81-87(76,77)83-58-64(85-67(72)51-44-37-30-23-17-15-21-28-34-41-48-61(7)10-3)56-79-66(71)50-43-36-29-22-16-14-20-27-33-40-47-60(6)9-2/h59-64,69H,8-58H2,1-7H3,(H,74,75)(H,76,77)/t60?,61?,62-,63+,64+/m0/s1. The van der Waals surface area contributed by atoms with Crippen LogP contribution in [0, 0.1) is 17.8 Å². The van der Waals surface area contributed by atoms with E-state index in [1.165, 1.54) is 135 Å². The molecule has 0 aromatic rings. The van der Waals surface area contributed by atoms with Gasteiger partial charge in [-0.25, -0.2) is 9.13 Å². The van der Waals surface area contributed by atoms with Gasteiger partial charge in [-0.3, -0.25) is 37.3 Å². The van der Waals surface area contributed by atoms with Crippen LogP contribution < -0.4 is 0 Å². The highest BCUT2D eigenvalue weighted by Crippen LogP contribution is 2.45. The number of hydrogen-bond acceptors (Lipinski definition) is 15. The molecule has 0 radical (unpaired) electrons. The van der Waals surface area contributed by atoms with E-state index in [-0.39, 0.29) is 25.7 Å². The molecule has 7 atom stereocenters. The summed E-state index contributed by atoms with van der Waals surface area (Å²) < 4.78 is 68.1. The van der Waals surface area contributed by atoms with Gasteiger partial charge >= 0.3 is 39.5 Å². The molecule has 0 rings (SSSR count). The normalized spacial score (nSPS) is 14.9. The zero-order chi connectivity index (χ0) is 64.5. The van der Waals surface area contributed by atoms with Crippen LogP contribution in [0.5, 0.6) is 0 Å². The van der Waals surface area contributed by atoms with Gasteiger partial charge in [-0.15, -0.1) is 0 Å². The number of esters is 4. The van der Waals surface area contributed by atoms with Gasteiger partial charge < -0.3 is 33.8 Å². The topological polar surface area (TPSA) is 237 Å². The molecule has 4 unspecified atom stereocenters. The molecule has 19 heteroatoms. The van der Waals surface area contributed by atoms with E-state index in [0.29, 0.717) is 25.7 Å². The van der Waals surface area contributed by atoms with Gasteiger partial charge in [0.15, 0.2) is 12.2 Å². The van der Waals surface area contributed by atoms with Crippen molar-refractivity contribution in [1.29, 1.82) is 0 Å². The lowest BCUT2D eigenvalue weighted by Gasteiger charge is -2.21. The fourth-order valence-electron chi connectivity index (χ4n) is 10.1. The fraction of sp³-hybridized carbons (Fsp3) is 0.941. The Morgan fingerprint density at radius 3 is 0.874 bits per heavy atom. The summed E-state index contributed by atoms with van der Waals surface area (Å²) in [5, 5.41) is 10.6. The Morgan fingerprint density at radius 2 is 0.586 bits per heavy atom. The summed E-state index contributed by atoms with van der Waals surface area (Å²) in [6, 6.07) is 0. The van der Waals surface area contributed by atoms with Gasteiger partial charge in [0.05, 0.1) is 26.4 Å². The highest BCUT2D eigenvalue weighted by molar-refractivity contribution is 7.47. The summed E-state index contributed by atoms with van der Waals surface area (Å²) in [5.74, 6) is 0.216. The number of carbonyl (C=O) groups excluding carboxylic acids is 4. The number of hydrogen-bond donors (Lipinski definition) is 3. The van der Waals surface area contributed by atoms with Gasteiger partial charge in [-0.2, -0.15) is 0 Å². The van der Waals surface area contributed by atoms with Crippen LogP contribution in [0.1, 0.15) is 337 Å². The van der Waals surface area contributed by atoms with Gasteiger partial charge in [0, 0.05) is 25.7 Å². The maximum absolute atomic E-state index is 13.0. The molecule has 0 fully saturated rings. The lowest BCUT2D eigenvalue weighted by atomic mass is 9.99. The van der Waals surface area contributed by atoms with Crippen molar-refractivity contribution in [3.63, 3.8) is 0 Å². The second-order valence-corrected chi connectivity index (χ2v) is 28.4. The summed E-state index contributed by atoms with van der Waals surface area (Å²) in [7, 11) is -9.89. The Balaban J connectivity index is 5.23. The number of rotatable bonds is 66. The maximum Gasteiger partial charge on any atom is 0.472 e.